The van der Waals surface area contributed by atoms with Gasteiger partial charge in [0.1, 0.15) is 12.4 Å². The van der Waals surface area contributed by atoms with E-state index in [1.54, 1.807) is 38.1 Å². The summed E-state index contributed by atoms with van der Waals surface area (Å²) in [5.74, 6) is 1.02. The lowest BCUT2D eigenvalue weighted by atomic mass is 10.1. The van der Waals surface area contributed by atoms with Crippen LogP contribution in [0.4, 0.5) is 5.69 Å². The fraction of sp³-hybridized carbons (Fsp3) is 0.360. The standard InChI is InChI=1S/C25H30N4O4S/c1-6-29-22(14-32-21-11-10-17(4)12-18(21)5)27-28-25(29)34-15-23(30)26-20-9-7-8-19(13-20)24(31)33-16(2)3/h7-13,16H,6,14-15H2,1-5H3,(H,26,30). The lowest BCUT2D eigenvalue weighted by Crippen LogP contribution is -2.16. The van der Waals surface area contributed by atoms with Crippen LogP contribution in [0.3, 0.4) is 0 Å². The molecule has 1 heterocycles. The van der Waals surface area contributed by atoms with E-state index in [-0.39, 0.29) is 24.4 Å². The van der Waals surface area contributed by atoms with E-state index in [0.29, 0.717) is 28.8 Å². The number of aryl methyl sites for hydroxylation is 2. The van der Waals surface area contributed by atoms with E-state index >= 15 is 0 Å². The molecule has 3 aromatic rings. The maximum absolute atomic E-state index is 12.5. The number of benzene rings is 2. The number of hydrogen-bond donors (Lipinski definition) is 1. The van der Waals surface area contributed by atoms with Crippen molar-refractivity contribution in [3.8, 4) is 5.75 Å². The van der Waals surface area contributed by atoms with Crippen molar-refractivity contribution in [1.29, 1.82) is 0 Å². The van der Waals surface area contributed by atoms with Gasteiger partial charge in [-0.25, -0.2) is 4.79 Å². The third-order valence-electron chi connectivity index (χ3n) is 4.85. The predicted octanol–water partition coefficient (Wildman–Crippen LogP) is 4.79. The molecule has 0 aliphatic heterocycles. The molecule has 0 radical (unpaired) electrons. The van der Waals surface area contributed by atoms with Crippen LogP contribution in [0, 0.1) is 13.8 Å². The molecule has 9 heteroatoms. The Morgan fingerprint density at radius 1 is 1.12 bits per heavy atom. The van der Waals surface area contributed by atoms with Crippen molar-refractivity contribution in [3.63, 3.8) is 0 Å². The van der Waals surface area contributed by atoms with Gasteiger partial charge in [-0.15, -0.1) is 10.2 Å². The van der Waals surface area contributed by atoms with Crippen LogP contribution in [0.5, 0.6) is 5.75 Å². The third-order valence-corrected chi connectivity index (χ3v) is 5.82. The molecule has 0 fully saturated rings. The average molecular weight is 483 g/mol. The van der Waals surface area contributed by atoms with E-state index in [0.717, 1.165) is 11.3 Å². The zero-order chi connectivity index (χ0) is 24.7. The normalized spacial score (nSPS) is 10.9. The van der Waals surface area contributed by atoms with Crippen molar-refractivity contribution < 1.29 is 19.1 Å². The van der Waals surface area contributed by atoms with Crippen molar-refractivity contribution >= 4 is 29.3 Å². The Bertz CT molecular complexity index is 1160. The SMILES string of the molecule is CCn1c(COc2ccc(C)cc2C)nnc1SCC(=O)Nc1cccc(C(=O)OC(C)C)c1. The number of rotatable bonds is 10. The van der Waals surface area contributed by atoms with Gasteiger partial charge in [-0.05, 0) is 64.4 Å². The summed E-state index contributed by atoms with van der Waals surface area (Å²) in [5, 5.41) is 11.9. The van der Waals surface area contributed by atoms with Gasteiger partial charge in [-0.3, -0.25) is 4.79 Å². The number of nitrogens with zero attached hydrogens (tertiary/aromatic N) is 3. The van der Waals surface area contributed by atoms with Crippen LogP contribution in [0.2, 0.25) is 0 Å². The Hall–Kier alpha value is -3.33. The first-order valence-electron chi connectivity index (χ1n) is 11.1. The van der Waals surface area contributed by atoms with Crippen molar-refractivity contribution in [3.05, 3.63) is 65.0 Å². The van der Waals surface area contributed by atoms with E-state index in [4.69, 9.17) is 9.47 Å². The largest absolute Gasteiger partial charge is 0.485 e. The van der Waals surface area contributed by atoms with Crippen LogP contribution in [-0.2, 0) is 22.7 Å². The first-order valence-corrected chi connectivity index (χ1v) is 12.1. The van der Waals surface area contributed by atoms with Crippen molar-refractivity contribution in [2.24, 2.45) is 0 Å². The van der Waals surface area contributed by atoms with E-state index in [9.17, 15) is 9.59 Å². The van der Waals surface area contributed by atoms with Crippen molar-refractivity contribution in [1.82, 2.24) is 14.8 Å². The smallest absolute Gasteiger partial charge is 0.338 e. The summed E-state index contributed by atoms with van der Waals surface area (Å²) in [6, 6.07) is 12.7. The second-order valence-electron chi connectivity index (χ2n) is 8.07. The summed E-state index contributed by atoms with van der Waals surface area (Å²) in [6.45, 7) is 10.6. The first-order chi connectivity index (χ1) is 16.3. The Labute approximate surface area is 204 Å². The predicted molar refractivity (Wildman–Crippen MR) is 132 cm³/mol. The molecular weight excluding hydrogens is 452 g/mol. The molecule has 1 N–H and O–H groups in total. The van der Waals surface area contributed by atoms with Gasteiger partial charge in [0.15, 0.2) is 11.0 Å². The topological polar surface area (TPSA) is 95.3 Å². The summed E-state index contributed by atoms with van der Waals surface area (Å²) in [7, 11) is 0. The minimum atomic E-state index is -0.424. The second kappa shape index (κ2) is 11.7. The molecule has 0 aliphatic rings. The summed E-state index contributed by atoms with van der Waals surface area (Å²) >= 11 is 1.30. The van der Waals surface area contributed by atoms with E-state index in [1.807, 2.05) is 37.5 Å². The lowest BCUT2D eigenvalue weighted by Gasteiger charge is -2.11. The summed E-state index contributed by atoms with van der Waals surface area (Å²) in [6.07, 6.45) is -0.214. The van der Waals surface area contributed by atoms with Gasteiger partial charge in [0, 0.05) is 12.2 Å². The third kappa shape index (κ3) is 6.84. The fourth-order valence-corrected chi connectivity index (χ4v) is 4.11. The molecule has 0 atom stereocenters. The average Bonchev–Trinajstić information content (AvgIpc) is 3.18. The number of anilines is 1. The zero-order valence-electron chi connectivity index (χ0n) is 20.1. The van der Waals surface area contributed by atoms with Gasteiger partial charge in [-0.2, -0.15) is 0 Å². The van der Waals surface area contributed by atoms with Gasteiger partial charge in [0.05, 0.1) is 17.4 Å². The molecule has 2 aromatic carbocycles. The number of nitrogens with one attached hydrogen (secondary N) is 1. The number of aromatic nitrogens is 3. The van der Waals surface area contributed by atoms with Crippen LogP contribution in [0.25, 0.3) is 0 Å². The maximum Gasteiger partial charge on any atom is 0.338 e. The lowest BCUT2D eigenvalue weighted by molar-refractivity contribution is -0.113. The molecule has 1 aromatic heterocycles. The number of esters is 1. The molecule has 1 amide bonds. The quantitative estimate of drug-likeness (QED) is 0.328. The maximum atomic E-state index is 12.5. The highest BCUT2D eigenvalue weighted by Crippen LogP contribution is 2.22. The monoisotopic (exact) mass is 482 g/mol. The van der Waals surface area contributed by atoms with Crippen LogP contribution in [0.15, 0.2) is 47.6 Å². The Kier molecular flexibility index (Phi) is 8.70. The number of amides is 1. The molecule has 0 unspecified atom stereocenters. The molecule has 3 rings (SSSR count). The van der Waals surface area contributed by atoms with Crippen LogP contribution >= 0.6 is 11.8 Å². The molecular formula is C25H30N4O4S. The second-order valence-corrected chi connectivity index (χ2v) is 9.01. The minimum Gasteiger partial charge on any atom is -0.485 e. The summed E-state index contributed by atoms with van der Waals surface area (Å²) in [5.41, 5.74) is 3.16. The van der Waals surface area contributed by atoms with Crippen molar-refractivity contribution in [2.75, 3.05) is 11.1 Å². The Morgan fingerprint density at radius 3 is 2.62 bits per heavy atom. The van der Waals surface area contributed by atoms with Crippen molar-refractivity contribution in [2.45, 2.75) is 59.0 Å². The molecule has 0 bridgehead atoms. The number of carbonyl (C=O) groups excluding carboxylic acids is 2. The molecule has 180 valence electrons. The van der Waals surface area contributed by atoms with Gasteiger partial charge >= 0.3 is 5.97 Å². The molecule has 0 spiro atoms. The summed E-state index contributed by atoms with van der Waals surface area (Å²) in [4.78, 5) is 24.6. The van der Waals surface area contributed by atoms with E-state index < -0.39 is 5.97 Å². The molecule has 0 aliphatic carbocycles. The van der Waals surface area contributed by atoms with Gasteiger partial charge in [0.25, 0.3) is 0 Å². The highest BCUT2D eigenvalue weighted by molar-refractivity contribution is 7.99. The number of thioether (sulfide) groups is 1. The minimum absolute atomic E-state index is 0.150. The summed E-state index contributed by atoms with van der Waals surface area (Å²) < 4.78 is 13.1. The van der Waals surface area contributed by atoms with Crippen LogP contribution in [-0.4, -0.2) is 38.5 Å². The first kappa shape index (κ1) is 25.3. The van der Waals surface area contributed by atoms with Crippen LogP contribution in [0.1, 0.15) is 48.1 Å². The highest BCUT2D eigenvalue weighted by atomic mass is 32.2. The number of hydrogen-bond acceptors (Lipinski definition) is 7. The molecule has 0 saturated carbocycles. The molecule has 8 nitrogen and oxygen atoms in total. The van der Waals surface area contributed by atoms with Gasteiger partial charge in [-0.1, -0.05) is 35.5 Å². The van der Waals surface area contributed by atoms with Gasteiger partial charge < -0.3 is 19.4 Å². The zero-order valence-corrected chi connectivity index (χ0v) is 20.9. The number of carbonyl (C=O) groups is 2. The highest BCUT2D eigenvalue weighted by Gasteiger charge is 2.15. The molecule has 0 saturated heterocycles. The molecule has 34 heavy (non-hydrogen) atoms. The van der Waals surface area contributed by atoms with Gasteiger partial charge in [0.2, 0.25) is 5.91 Å². The van der Waals surface area contributed by atoms with Crippen LogP contribution < -0.4 is 10.1 Å². The van der Waals surface area contributed by atoms with E-state index in [1.165, 1.54) is 17.3 Å². The number of ether oxygens (including phenoxy) is 2. The Balaban J connectivity index is 1.57. The Morgan fingerprint density at radius 2 is 1.91 bits per heavy atom. The van der Waals surface area contributed by atoms with E-state index in [2.05, 4.69) is 21.6 Å². The fourth-order valence-electron chi connectivity index (χ4n) is 3.29.